The van der Waals surface area contributed by atoms with Gasteiger partial charge in [0.25, 0.3) is 11.6 Å². The number of hydrogen-bond acceptors (Lipinski definition) is 6. The van der Waals surface area contributed by atoms with Crippen LogP contribution in [0.15, 0.2) is 53.4 Å². The monoisotopic (exact) mass is 416 g/mol. The molecule has 2 rings (SSSR count). The van der Waals surface area contributed by atoms with Gasteiger partial charge in [0.1, 0.15) is 0 Å². The van der Waals surface area contributed by atoms with Gasteiger partial charge in [-0.3, -0.25) is 14.9 Å². The van der Waals surface area contributed by atoms with E-state index in [1.54, 1.807) is 6.26 Å². The fourth-order valence-corrected chi connectivity index (χ4v) is 3.25. The van der Waals surface area contributed by atoms with E-state index >= 15 is 0 Å². The Morgan fingerprint density at radius 3 is 2.48 bits per heavy atom. The number of nitrogens with one attached hydrogen (secondary N) is 1. The van der Waals surface area contributed by atoms with Crippen LogP contribution in [0, 0.1) is 10.1 Å². The number of nitrogens with zero attached hydrogens (tertiary/aromatic N) is 1. The molecule has 0 bridgehead atoms. The topological polar surface area (TPSA) is 98.5 Å². The number of benzene rings is 2. The molecule has 0 aliphatic carbocycles. The third kappa shape index (κ3) is 6.60. The fraction of sp³-hybridized carbons (Fsp3) is 0.333. The van der Waals surface area contributed by atoms with Gasteiger partial charge in [0.15, 0.2) is 6.10 Å². The minimum absolute atomic E-state index is 0.0336. The highest BCUT2D eigenvalue weighted by Crippen LogP contribution is 2.28. The molecule has 0 fully saturated rings. The van der Waals surface area contributed by atoms with E-state index in [-0.39, 0.29) is 17.3 Å². The maximum absolute atomic E-state index is 12.3. The van der Waals surface area contributed by atoms with Gasteiger partial charge in [0, 0.05) is 12.1 Å². The maximum Gasteiger partial charge on any atom is 0.339 e. The smallest absolute Gasteiger partial charge is 0.339 e. The van der Waals surface area contributed by atoms with Crippen LogP contribution in [0.4, 0.5) is 5.69 Å². The number of aryl methyl sites for hydroxylation is 1. The number of ether oxygens (including phenoxy) is 1. The zero-order chi connectivity index (χ0) is 21.4. The van der Waals surface area contributed by atoms with Crippen LogP contribution in [0.3, 0.4) is 0 Å². The van der Waals surface area contributed by atoms with E-state index in [9.17, 15) is 19.7 Å². The summed E-state index contributed by atoms with van der Waals surface area (Å²) in [5.74, 6) is -1.19. The van der Waals surface area contributed by atoms with E-state index in [4.69, 9.17) is 4.74 Å². The van der Waals surface area contributed by atoms with Gasteiger partial charge < -0.3 is 10.1 Å². The molecule has 1 N–H and O–H groups in total. The predicted molar refractivity (Wildman–Crippen MR) is 112 cm³/mol. The molecular formula is C21H24N2O5S. The highest BCUT2D eigenvalue weighted by molar-refractivity contribution is 7.98. The summed E-state index contributed by atoms with van der Waals surface area (Å²) in [5, 5.41) is 14.0. The lowest BCUT2D eigenvalue weighted by Crippen LogP contribution is -2.41. The van der Waals surface area contributed by atoms with Gasteiger partial charge in [-0.2, -0.15) is 0 Å². The molecule has 7 nitrogen and oxygen atoms in total. The quantitative estimate of drug-likeness (QED) is 0.287. The van der Waals surface area contributed by atoms with Crippen LogP contribution in [0.1, 0.15) is 36.2 Å². The Morgan fingerprint density at radius 2 is 1.86 bits per heavy atom. The minimum Gasteiger partial charge on any atom is -0.449 e. The second kappa shape index (κ2) is 10.6. The number of thioether (sulfide) groups is 1. The van der Waals surface area contributed by atoms with Crippen molar-refractivity contribution in [3.05, 3.63) is 69.8 Å². The molecule has 2 aromatic rings. The first-order chi connectivity index (χ1) is 13.8. The number of carbonyl (C=O) groups is 2. The number of nitro benzene ring substituents is 1. The Balaban J connectivity index is 1.90. The Hall–Kier alpha value is -2.87. The second-order valence-electron chi connectivity index (χ2n) is 6.63. The van der Waals surface area contributed by atoms with Crippen LogP contribution in [-0.2, 0) is 16.0 Å². The van der Waals surface area contributed by atoms with Gasteiger partial charge in [-0.05, 0) is 50.6 Å². The molecule has 0 unspecified atom stereocenters. The number of rotatable bonds is 9. The number of esters is 1. The Bertz CT molecular complexity index is 873. The molecule has 0 saturated carbocycles. The normalized spacial score (nSPS) is 12.7. The van der Waals surface area contributed by atoms with Gasteiger partial charge >= 0.3 is 5.97 Å². The van der Waals surface area contributed by atoms with E-state index in [2.05, 4.69) is 5.32 Å². The summed E-state index contributed by atoms with van der Waals surface area (Å²) in [5.41, 5.74) is 1.05. The molecule has 1 amide bonds. The van der Waals surface area contributed by atoms with E-state index < -0.39 is 22.9 Å². The van der Waals surface area contributed by atoms with Crippen LogP contribution in [0.25, 0.3) is 0 Å². The van der Waals surface area contributed by atoms with Crippen molar-refractivity contribution in [3.8, 4) is 0 Å². The van der Waals surface area contributed by atoms with E-state index in [0.29, 0.717) is 4.90 Å². The molecule has 0 saturated heterocycles. The molecule has 0 spiro atoms. The number of hydrogen-bond donors (Lipinski definition) is 1. The first kappa shape index (κ1) is 22.4. The van der Waals surface area contributed by atoms with Crippen LogP contribution in [-0.4, -0.2) is 35.2 Å². The average molecular weight is 416 g/mol. The minimum atomic E-state index is -1.01. The third-order valence-corrected chi connectivity index (χ3v) is 5.15. The van der Waals surface area contributed by atoms with Crippen molar-refractivity contribution in [1.29, 1.82) is 0 Å². The standard InChI is InChI=1S/C21H24N2O5S/c1-14(9-10-16-7-5-4-6-8-16)22-20(24)15(2)28-21(25)17-11-12-19(29-3)18(13-17)23(26)27/h4-8,11-15H,9-10H2,1-3H3,(H,22,24)/t14-,15-/m0/s1. The summed E-state index contributed by atoms with van der Waals surface area (Å²) in [7, 11) is 0. The largest absolute Gasteiger partial charge is 0.449 e. The lowest BCUT2D eigenvalue weighted by Gasteiger charge is -2.18. The Kier molecular flexibility index (Phi) is 8.21. The van der Waals surface area contributed by atoms with Crippen LogP contribution in [0.2, 0.25) is 0 Å². The summed E-state index contributed by atoms with van der Waals surface area (Å²) in [6.45, 7) is 3.36. The molecule has 0 radical (unpaired) electrons. The van der Waals surface area contributed by atoms with E-state index in [1.807, 2.05) is 37.3 Å². The molecule has 29 heavy (non-hydrogen) atoms. The third-order valence-electron chi connectivity index (χ3n) is 4.36. The van der Waals surface area contributed by atoms with Crippen LogP contribution in [0.5, 0.6) is 0 Å². The lowest BCUT2D eigenvalue weighted by atomic mass is 10.1. The van der Waals surface area contributed by atoms with Crippen molar-refractivity contribution < 1.29 is 19.2 Å². The van der Waals surface area contributed by atoms with Crippen molar-refractivity contribution in [1.82, 2.24) is 5.32 Å². The molecule has 154 valence electrons. The zero-order valence-corrected chi connectivity index (χ0v) is 17.4. The maximum atomic E-state index is 12.3. The fourth-order valence-electron chi connectivity index (χ4n) is 2.70. The molecular weight excluding hydrogens is 392 g/mol. The van der Waals surface area contributed by atoms with E-state index in [1.165, 1.54) is 42.4 Å². The molecule has 8 heteroatoms. The first-order valence-electron chi connectivity index (χ1n) is 9.19. The Labute approximate surface area is 174 Å². The summed E-state index contributed by atoms with van der Waals surface area (Å²) < 4.78 is 5.19. The van der Waals surface area contributed by atoms with E-state index in [0.717, 1.165) is 12.8 Å². The highest BCUT2D eigenvalue weighted by atomic mass is 32.2. The number of carbonyl (C=O) groups excluding carboxylic acids is 2. The molecule has 0 heterocycles. The van der Waals surface area contributed by atoms with Gasteiger partial charge in [-0.15, -0.1) is 11.8 Å². The van der Waals surface area contributed by atoms with Crippen molar-refractivity contribution in [2.75, 3.05) is 6.26 Å². The highest BCUT2D eigenvalue weighted by Gasteiger charge is 2.23. The van der Waals surface area contributed by atoms with Gasteiger partial charge in [0.05, 0.1) is 15.4 Å². The molecule has 0 aliphatic heterocycles. The van der Waals surface area contributed by atoms with Gasteiger partial charge in [-0.1, -0.05) is 30.3 Å². The summed E-state index contributed by atoms with van der Waals surface area (Å²) in [4.78, 5) is 35.7. The van der Waals surface area contributed by atoms with Crippen LogP contribution >= 0.6 is 11.8 Å². The second-order valence-corrected chi connectivity index (χ2v) is 7.47. The average Bonchev–Trinajstić information content (AvgIpc) is 2.72. The molecule has 2 aromatic carbocycles. The zero-order valence-electron chi connectivity index (χ0n) is 16.6. The number of nitro groups is 1. The number of amides is 1. The van der Waals surface area contributed by atoms with Gasteiger partial charge in [-0.25, -0.2) is 4.79 Å². The van der Waals surface area contributed by atoms with Crippen LogP contribution < -0.4 is 5.32 Å². The van der Waals surface area contributed by atoms with Crippen molar-refractivity contribution in [3.63, 3.8) is 0 Å². The van der Waals surface area contributed by atoms with Crippen molar-refractivity contribution in [2.24, 2.45) is 0 Å². The lowest BCUT2D eigenvalue weighted by molar-refractivity contribution is -0.387. The molecule has 2 atom stereocenters. The molecule has 0 aromatic heterocycles. The first-order valence-corrected chi connectivity index (χ1v) is 10.4. The summed E-state index contributed by atoms with van der Waals surface area (Å²) in [6.07, 6.45) is 2.27. The van der Waals surface area contributed by atoms with Crippen molar-refractivity contribution >= 4 is 29.3 Å². The molecule has 0 aliphatic rings. The van der Waals surface area contributed by atoms with Gasteiger partial charge in [0.2, 0.25) is 0 Å². The summed E-state index contributed by atoms with van der Waals surface area (Å²) in [6, 6.07) is 14.0. The van der Waals surface area contributed by atoms with Crippen molar-refractivity contribution in [2.45, 2.75) is 43.7 Å². The summed E-state index contributed by atoms with van der Waals surface area (Å²) >= 11 is 1.21. The SMILES string of the molecule is CSc1ccc(C(=O)O[C@@H](C)C(=O)N[C@@H](C)CCc2ccccc2)cc1[N+](=O)[O-]. The predicted octanol–water partition coefficient (Wildman–Crippen LogP) is 4.00. The Morgan fingerprint density at radius 1 is 1.17 bits per heavy atom.